The molecule has 1 heteroatoms. The van der Waals surface area contributed by atoms with Gasteiger partial charge in [-0.15, -0.1) is 0 Å². The molecule has 2 N–H and O–H groups in total. The molecule has 1 nitrogen and oxygen atoms in total. The molecule has 0 aliphatic heterocycles. The van der Waals surface area contributed by atoms with Crippen molar-refractivity contribution in [2.24, 2.45) is 5.73 Å². The molecule has 0 unspecified atom stereocenters. The Labute approximate surface area is 92.7 Å². The summed E-state index contributed by atoms with van der Waals surface area (Å²) in [6.45, 7) is 5.18. The molecule has 0 heterocycles. The Morgan fingerprint density at radius 1 is 1.20 bits per heavy atom. The average molecular weight is 203 g/mol. The minimum atomic E-state index is 0.289. The molecule has 0 aromatic heterocycles. The number of hydrogen-bond acceptors (Lipinski definition) is 1. The van der Waals surface area contributed by atoms with E-state index in [1.54, 1.807) is 0 Å². The molecule has 1 aromatic carbocycles. The molecule has 0 atom stereocenters. The Morgan fingerprint density at radius 3 is 2.40 bits per heavy atom. The summed E-state index contributed by atoms with van der Waals surface area (Å²) in [6.07, 6.45) is 5.22. The molecule has 0 amide bonds. The van der Waals surface area contributed by atoms with E-state index in [4.69, 9.17) is 5.73 Å². The van der Waals surface area contributed by atoms with Crippen LogP contribution in [0, 0.1) is 13.8 Å². The van der Waals surface area contributed by atoms with E-state index in [9.17, 15) is 0 Å². The van der Waals surface area contributed by atoms with Crippen LogP contribution < -0.4 is 5.73 Å². The zero-order chi connectivity index (χ0) is 10.9. The van der Waals surface area contributed by atoms with Crippen LogP contribution in [0.1, 0.15) is 42.4 Å². The van der Waals surface area contributed by atoms with Gasteiger partial charge < -0.3 is 5.73 Å². The molecule has 0 spiro atoms. The van der Waals surface area contributed by atoms with E-state index in [-0.39, 0.29) is 5.41 Å². The lowest BCUT2D eigenvalue weighted by Crippen LogP contribution is -2.32. The number of nitrogens with two attached hydrogens (primary N) is 1. The van der Waals surface area contributed by atoms with Crippen molar-refractivity contribution < 1.29 is 0 Å². The molecule has 1 saturated carbocycles. The summed E-state index contributed by atoms with van der Waals surface area (Å²) in [6, 6.07) is 6.80. The quantitative estimate of drug-likeness (QED) is 0.785. The first-order valence-electron chi connectivity index (χ1n) is 5.96. The van der Waals surface area contributed by atoms with E-state index in [0.29, 0.717) is 0 Å². The third-order valence-electron chi connectivity index (χ3n) is 3.90. The fraction of sp³-hybridized carbons (Fsp3) is 0.571. The molecule has 15 heavy (non-hydrogen) atoms. The van der Waals surface area contributed by atoms with Crippen LogP contribution in [-0.2, 0) is 5.41 Å². The monoisotopic (exact) mass is 203 g/mol. The lowest BCUT2D eigenvalue weighted by molar-refractivity contribution is 0.450. The Kier molecular flexibility index (Phi) is 2.83. The zero-order valence-electron chi connectivity index (χ0n) is 9.84. The summed E-state index contributed by atoms with van der Waals surface area (Å²) in [5, 5.41) is 0. The van der Waals surface area contributed by atoms with Gasteiger partial charge in [-0.2, -0.15) is 0 Å². The SMILES string of the molecule is Cc1ccc(C2(CN)CCCC2)c(C)c1. The molecular weight excluding hydrogens is 182 g/mol. The Balaban J connectivity index is 2.42. The smallest absolute Gasteiger partial charge is 0.00781 e. The summed E-state index contributed by atoms with van der Waals surface area (Å²) >= 11 is 0. The molecule has 2 rings (SSSR count). The Bertz CT molecular complexity index is 348. The van der Waals surface area contributed by atoms with Crippen molar-refractivity contribution in [1.82, 2.24) is 0 Å². The van der Waals surface area contributed by atoms with Gasteiger partial charge in [-0.1, -0.05) is 36.6 Å². The maximum absolute atomic E-state index is 6.01. The van der Waals surface area contributed by atoms with Crippen molar-refractivity contribution in [3.63, 3.8) is 0 Å². The van der Waals surface area contributed by atoms with Crippen LogP contribution in [0.2, 0.25) is 0 Å². The van der Waals surface area contributed by atoms with Crippen LogP contribution in [0.5, 0.6) is 0 Å². The third kappa shape index (κ3) is 1.81. The summed E-state index contributed by atoms with van der Waals surface area (Å²) in [5.74, 6) is 0. The predicted molar refractivity (Wildman–Crippen MR) is 65.1 cm³/mol. The van der Waals surface area contributed by atoms with Gasteiger partial charge in [0.1, 0.15) is 0 Å². The highest BCUT2D eigenvalue weighted by Crippen LogP contribution is 2.41. The van der Waals surface area contributed by atoms with E-state index in [0.717, 1.165) is 6.54 Å². The summed E-state index contributed by atoms with van der Waals surface area (Å²) in [7, 11) is 0. The maximum Gasteiger partial charge on any atom is 0.00781 e. The van der Waals surface area contributed by atoms with E-state index >= 15 is 0 Å². The molecular formula is C14H21N. The maximum atomic E-state index is 6.01. The molecule has 1 aliphatic rings. The van der Waals surface area contributed by atoms with Crippen LogP contribution in [0.3, 0.4) is 0 Å². The van der Waals surface area contributed by atoms with Gasteiger partial charge in [0.15, 0.2) is 0 Å². The summed E-state index contributed by atoms with van der Waals surface area (Å²) in [5.41, 5.74) is 10.6. The first-order valence-corrected chi connectivity index (χ1v) is 5.96. The van der Waals surface area contributed by atoms with Gasteiger partial charge in [0, 0.05) is 12.0 Å². The third-order valence-corrected chi connectivity index (χ3v) is 3.90. The van der Waals surface area contributed by atoms with Crippen LogP contribution in [0.15, 0.2) is 18.2 Å². The minimum Gasteiger partial charge on any atom is -0.330 e. The van der Waals surface area contributed by atoms with E-state index in [1.165, 1.54) is 42.4 Å². The second kappa shape index (κ2) is 3.97. The first-order chi connectivity index (χ1) is 7.18. The van der Waals surface area contributed by atoms with Crippen molar-refractivity contribution in [3.8, 4) is 0 Å². The van der Waals surface area contributed by atoms with Crippen molar-refractivity contribution in [2.75, 3.05) is 6.54 Å². The number of rotatable bonds is 2. The largest absolute Gasteiger partial charge is 0.330 e. The summed E-state index contributed by atoms with van der Waals surface area (Å²) < 4.78 is 0. The fourth-order valence-electron chi connectivity index (χ4n) is 3.04. The normalized spacial score (nSPS) is 19.4. The second-order valence-electron chi connectivity index (χ2n) is 5.01. The molecule has 0 radical (unpaired) electrons. The molecule has 1 aromatic rings. The fourth-order valence-corrected chi connectivity index (χ4v) is 3.04. The van der Waals surface area contributed by atoms with Crippen LogP contribution in [-0.4, -0.2) is 6.54 Å². The second-order valence-corrected chi connectivity index (χ2v) is 5.01. The average Bonchev–Trinajstić information content (AvgIpc) is 2.67. The van der Waals surface area contributed by atoms with Crippen molar-refractivity contribution >= 4 is 0 Å². The van der Waals surface area contributed by atoms with Gasteiger partial charge >= 0.3 is 0 Å². The topological polar surface area (TPSA) is 26.0 Å². The zero-order valence-corrected chi connectivity index (χ0v) is 9.84. The standard InChI is InChI=1S/C14H21N/c1-11-5-6-13(12(2)9-11)14(10-15)7-3-4-8-14/h5-6,9H,3-4,7-8,10,15H2,1-2H3. The van der Waals surface area contributed by atoms with Gasteiger partial charge in [-0.3, -0.25) is 0 Å². The van der Waals surface area contributed by atoms with Crippen LogP contribution in [0.25, 0.3) is 0 Å². The highest BCUT2D eigenvalue weighted by molar-refractivity contribution is 5.37. The highest BCUT2D eigenvalue weighted by atomic mass is 14.6. The van der Waals surface area contributed by atoms with E-state index < -0.39 is 0 Å². The van der Waals surface area contributed by atoms with E-state index in [1.807, 2.05) is 0 Å². The Hall–Kier alpha value is -0.820. The molecule has 1 fully saturated rings. The molecule has 1 aliphatic carbocycles. The number of benzene rings is 1. The van der Waals surface area contributed by atoms with Gasteiger partial charge in [0.2, 0.25) is 0 Å². The van der Waals surface area contributed by atoms with Gasteiger partial charge in [-0.05, 0) is 37.8 Å². The molecule has 0 bridgehead atoms. The van der Waals surface area contributed by atoms with Gasteiger partial charge in [-0.25, -0.2) is 0 Å². The minimum absolute atomic E-state index is 0.289. The van der Waals surface area contributed by atoms with Gasteiger partial charge in [0.25, 0.3) is 0 Å². The predicted octanol–water partition coefficient (Wildman–Crippen LogP) is 3.07. The first kappa shape index (κ1) is 10.7. The summed E-state index contributed by atoms with van der Waals surface area (Å²) in [4.78, 5) is 0. The van der Waals surface area contributed by atoms with Gasteiger partial charge in [0.05, 0.1) is 0 Å². The molecule has 0 saturated heterocycles. The number of aryl methyl sites for hydroxylation is 2. The van der Waals surface area contributed by atoms with Crippen molar-refractivity contribution in [2.45, 2.75) is 44.9 Å². The van der Waals surface area contributed by atoms with Crippen molar-refractivity contribution in [3.05, 3.63) is 34.9 Å². The van der Waals surface area contributed by atoms with Crippen molar-refractivity contribution in [1.29, 1.82) is 0 Å². The van der Waals surface area contributed by atoms with Crippen LogP contribution in [0.4, 0.5) is 0 Å². The molecule has 82 valence electrons. The lowest BCUT2D eigenvalue weighted by atomic mass is 9.76. The van der Waals surface area contributed by atoms with Crippen LogP contribution >= 0.6 is 0 Å². The Morgan fingerprint density at radius 2 is 1.87 bits per heavy atom. The lowest BCUT2D eigenvalue weighted by Gasteiger charge is -2.29. The highest BCUT2D eigenvalue weighted by Gasteiger charge is 2.34. The number of hydrogen-bond donors (Lipinski definition) is 1. The van der Waals surface area contributed by atoms with E-state index in [2.05, 4.69) is 32.0 Å².